The van der Waals surface area contributed by atoms with Gasteiger partial charge in [-0.05, 0) is 17.7 Å². The monoisotopic (exact) mass is 353 g/mol. The molecule has 0 radical (unpaired) electrons. The van der Waals surface area contributed by atoms with Crippen LogP contribution in [0.4, 0.5) is 0 Å². The lowest BCUT2D eigenvalue weighted by Crippen LogP contribution is -2.31. The average Bonchev–Trinajstić information content (AvgIpc) is 2.64. The Bertz CT molecular complexity index is 594. The van der Waals surface area contributed by atoms with E-state index >= 15 is 0 Å². The second-order valence-corrected chi connectivity index (χ2v) is 7.34. The van der Waals surface area contributed by atoms with Gasteiger partial charge in [0.15, 0.2) is 0 Å². The summed E-state index contributed by atoms with van der Waals surface area (Å²) in [7, 11) is -3.50. The van der Waals surface area contributed by atoms with Gasteiger partial charge in [-0.3, -0.25) is 4.18 Å². The van der Waals surface area contributed by atoms with E-state index in [1.807, 2.05) is 6.07 Å². The molecule has 1 fully saturated rings. The Kier molecular flexibility index (Phi) is 5.88. The smallest absolute Gasteiger partial charge is 0.264 e. The Hall–Kier alpha value is -0.370. The van der Waals surface area contributed by atoms with E-state index in [2.05, 4.69) is 5.32 Å². The highest BCUT2D eigenvalue weighted by atomic mass is 35.5. The third kappa shape index (κ3) is 5.09. The predicted molar refractivity (Wildman–Crippen MR) is 82.6 cm³/mol. The first-order chi connectivity index (χ1) is 9.87. The highest BCUT2D eigenvalue weighted by Gasteiger charge is 2.28. The van der Waals surface area contributed by atoms with Gasteiger partial charge >= 0.3 is 0 Å². The number of ether oxygens (including phenoxy) is 1. The lowest BCUT2D eigenvalue weighted by molar-refractivity contribution is 0.0200. The van der Waals surface area contributed by atoms with Gasteiger partial charge in [0, 0.05) is 19.0 Å². The molecule has 1 heterocycles. The Morgan fingerprint density at radius 3 is 2.81 bits per heavy atom. The lowest BCUT2D eigenvalue weighted by atomic mass is 9.93. The number of hydrogen-bond donors (Lipinski definition) is 1. The third-order valence-corrected chi connectivity index (χ3v) is 4.55. The molecule has 2 atom stereocenters. The fraction of sp³-hybridized carbons (Fsp3) is 0.538. The van der Waals surface area contributed by atoms with Gasteiger partial charge in [0.05, 0.1) is 35.6 Å². The summed E-state index contributed by atoms with van der Waals surface area (Å²) in [6.45, 7) is 1.82. The van der Waals surface area contributed by atoms with Crippen LogP contribution >= 0.6 is 23.2 Å². The van der Waals surface area contributed by atoms with Crippen molar-refractivity contribution in [2.24, 2.45) is 0 Å². The molecular formula is C13H17Cl2NO4S. The summed E-state index contributed by atoms with van der Waals surface area (Å²) >= 11 is 12.0. The van der Waals surface area contributed by atoms with Gasteiger partial charge in [-0.2, -0.15) is 8.42 Å². The van der Waals surface area contributed by atoms with Crippen LogP contribution in [0, 0.1) is 0 Å². The zero-order valence-corrected chi connectivity index (χ0v) is 13.8. The Morgan fingerprint density at radius 2 is 2.14 bits per heavy atom. The molecule has 1 aromatic rings. The molecule has 0 saturated carbocycles. The van der Waals surface area contributed by atoms with Crippen molar-refractivity contribution in [2.75, 3.05) is 32.6 Å². The van der Waals surface area contributed by atoms with Crippen molar-refractivity contribution >= 4 is 33.3 Å². The first-order valence-corrected chi connectivity index (χ1v) is 9.06. The lowest BCUT2D eigenvalue weighted by Gasteiger charge is -2.24. The number of hydrogen-bond acceptors (Lipinski definition) is 5. The zero-order chi connectivity index (χ0) is 15.5. The molecule has 118 valence electrons. The molecule has 5 nitrogen and oxygen atoms in total. The zero-order valence-electron chi connectivity index (χ0n) is 11.5. The van der Waals surface area contributed by atoms with Crippen LogP contribution in [0.25, 0.3) is 0 Å². The van der Waals surface area contributed by atoms with Crippen molar-refractivity contribution < 1.29 is 17.3 Å². The SMILES string of the molecule is CS(=O)(=O)OC[C@@H]1OCCNC[C@H]1c1ccc(Cl)c(Cl)c1. The molecule has 0 aromatic heterocycles. The summed E-state index contributed by atoms with van der Waals surface area (Å²) in [4.78, 5) is 0. The minimum absolute atomic E-state index is 0.0224. The molecule has 1 saturated heterocycles. The van der Waals surface area contributed by atoms with E-state index in [1.165, 1.54) is 0 Å². The van der Waals surface area contributed by atoms with E-state index < -0.39 is 10.1 Å². The van der Waals surface area contributed by atoms with Crippen molar-refractivity contribution in [2.45, 2.75) is 12.0 Å². The molecule has 1 aliphatic rings. The molecule has 8 heteroatoms. The van der Waals surface area contributed by atoms with E-state index in [9.17, 15) is 8.42 Å². The van der Waals surface area contributed by atoms with Crippen LogP contribution in [0.1, 0.15) is 11.5 Å². The maximum atomic E-state index is 11.2. The van der Waals surface area contributed by atoms with E-state index in [4.69, 9.17) is 32.1 Å². The summed E-state index contributed by atoms with van der Waals surface area (Å²) in [6.07, 6.45) is 0.655. The van der Waals surface area contributed by atoms with Crippen molar-refractivity contribution in [3.8, 4) is 0 Å². The standard InChI is InChI=1S/C13H17Cl2NO4S/c1-21(17,18)20-8-13-10(7-16-4-5-19-13)9-2-3-11(14)12(15)6-9/h2-3,6,10,13,16H,4-5,7-8H2,1H3/t10-,13-/m0/s1. The van der Waals surface area contributed by atoms with Gasteiger partial charge in [0.2, 0.25) is 0 Å². The number of rotatable bonds is 4. The van der Waals surface area contributed by atoms with Gasteiger partial charge in [-0.25, -0.2) is 0 Å². The van der Waals surface area contributed by atoms with Crippen LogP contribution in [-0.2, 0) is 19.0 Å². The molecule has 2 rings (SSSR count). The average molecular weight is 354 g/mol. The highest BCUT2D eigenvalue weighted by Crippen LogP contribution is 2.29. The maximum absolute atomic E-state index is 11.2. The van der Waals surface area contributed by atoms with Crippen molar-refractivity contribution in [1.29, 1.82) is 0 Å². The van der Waals surface area contributed by atoms with Crippen LogP contribution in [0.5, 0.6) is 0 Å². The number of benzene rings is 1. The van der Waals surface area contributed by atoms with Crippen LogP contribution < -0.4 is 5.32 Å². The van der Waals surface area contributed by atoms with Gasteiger partial charge in [-0.15, -0.1) is 0 Å². The summed E-state index contributed by atoms with van der Waals surface area (Å²) in [5, 5.41) is 4.19. The molecule has 0 unspecified atom stereocenters. The van der Waals surface area contributed by atoms with Crippen LogP contribution in [0.15, 0.2) is 18.2 Å². The van der Waals surface area contributed by atoms with Gasteiger partial charge in [-0.1, -0.05) is 29.3 Å². The quantitative estimate of drug-likeness (QED) is 0.839. The van der Waals surface area contributed by atoms with Crippen LogP contribution in [-0.4, -0.2) is 47.1 Å². The molecule has 0 bridgehead atoms. The second kappa shape index (κ2) is 7.26. The molecule has 0 spiro atoms. The van der Waals surface area contributed by atoms with Crippen molar-refractivity contribution in [3.05, 3.63) is 33.8 Å². The Balaban J connectivity index is 2.20. The van der Waals surface area contributed by atoms with Crippen LogP contribution in [0.3, 0.4) is 0 Å². The largest absolute Gasteiger partial charge is 0.374 e. The fourth-order valence-electron chi connectivity index (χ4n) is 2.22. The minimum Gasteiger partial charge on any atom is -0.374 e. The molecule has 1 N–H and O–H groups in total. The normalized spacial score (nSPS) is 23.8. The maximum Gasteiger partial charge on any atom is 0.264 e. The molecule has 1 aliphatic heterocycles. The summed E-state index contributed by atoms with van der Waals surface area (Å²) in [5.74, 6) is -0.0657. The Labute approximate surface area is 134 Å². The number of nitrogens with one attached hydrogen (secondary N) is 1. The predicted octanol–water partition coefficient (Wildman–Crippen LogP) is 2.04. The summed E-state index contributed by atoms with van der Waals surface area (Å²) in [6, 6.07) is 5.36. The summed E-state index contributed by atoms with van der Waals surface area (Å²) in [5.41, 5.74) is 0.931. The van der Waals surface area contributed by atoms with E-state index in [1.54, 1.807) is 12.1 Å². The van der Waals surface area contributed by atoms with E-state index in [-0.39, 0.29) is 18.6 Å². The third-order valence-electron chi connectivity index (χ3n) is 3.24. The van der Waals surface area contributed by atoms with Gasteiger partial charge in [0.1, 0.15) is 0 Å². The molecule has 1 aromatic carbocycles. The van der Waals surface area contributed by atoms with E-state index in [0.29, 0.717) is 29.7 Å². The van der Waals surface area contributed by atoms with Crippen molar-refractivity contribution in [3.63, 3.8) is 0 Å². The first kappa shape index (κ1) is 17.0. The minimum atomic E-state index is -3.50. The molecular weight excluding hydrogens is 337 g/mol. The summed E-state index contributed by atoms with van der Waals surface area (Å²) < 4.78 is 32.9. The fourth-order valence-corrected chi connectivity index (χ4v) is 2.91. The number of halogens is 2. The first-order valence-electron chi connectivity index (χ1n) is 6.48. The Morgan fingerprint density at radius 1 is 1.38 bits per heavy atom. The topological polar surface area (TPSA) is 64.6 Å². The van der Waals surface area contributed by atoms with Crippen molar-refractivity contribution in [1.82, 2.24) is 5.32 Å². The second-order valence-electron chi connectivity index (χ2n) is 4.88. The molecule has 0 amide bonds. The molecule has 0 aliphatic carbocycles. The molecule has 21 heavy (non-hydrogen) atoms. The van der Waals surface area contributed by atoms with Crippen LogP contribution in [0.2, 0.25) is 10.0 Å². The van der Waals surface area contributed by atoms with Gasteiger partial charge in [0.25, 0.3) is 10.1 Å². The van der Waals surface area contributed by atoms with Gasteiger partial charge < -0.3 is 10.1 Å². The van der Waals surface area contributed by atoms with E-state index in [0.717, 1.165) is 11.8 Å². The highest BCUT2D eigenvalue weighted by molar-refractivity contribution is 7.85.